The minimum Gasteiger partial charge on any atom is -0.296 e. The Bertz CT molecular complexity index is 956. The Morgan fingerprint density at radius 3 is 2.60 bits per heavy atom. The van der Waals surface area contributed by atoms with Crippen LogP contribution in [-0.2, 0) is 0 Å². The van der Waals surface area contributed by atoms with Crippen LogP contribution in [0, 0.1) is 22.9 Å². The third-order valence-corrected chi connectivity index (χ3v) is 4.37. The molecule has 3 rings (SSSR count). The van der Waals surface area contributed by atoms with Gasteiger partial charge in [0, 0.05) is 22.8 Å². The molecular weight excluding hydrogens is 347 g/mol. The lowest BCUT2D eigenvalue weighted by Gasteiger charge is -2.05. The number of carbonyl (C=O) groups is 1. The molecule has 25 heavy (non-hydrogen) atoms. The molecule has 0 fully saturated rings. The summed E-state index contributed by atoms with van der Waals surface area (Å²) in [4.78, 5) is 22.8. The Labute approximate surface area is 145 Å². The van der Waals surface area contributed by atoms with Crippen LogP contribution in [0.2, 0.25) is 0 Å². The number of nitrogens with one attached hydrogen (secondary N) is 1. The molecule has 0 aliphatic heterocycles. The molecule has 126 valence electrons. The van der Waals surface area contributed by atoms with Crippen molar-refractivity contribution >= 4 is 28.1 Å². The number of rotatable bonds is 4. The van der Waals surface area contributed by atoms with Gasteiger partial charge in [-0.1, -0.05) is 17.4 Å². The minimum atomic E-state index is -0.538. The van der Waals surface area contributed by atoms with Crippen molar-refractivity contribution in [2.24, 2.45) is 0 Å². The van der Waals surface area contributed by atoms with Crippen LogP contribution < -0.4 is 5.32 Å². The van der Waals surface area contributed by atoms with E-state index in [-0.39, 0.29) is 27.8 Å². The molecule has 3 aromatic rings. The number of nitrogens with zero attached hydrogens (tertiary/aromatic N) is 3. The summed E-state index contributed by atoms with van der Waals surface area (Å²) in [5.41, 5.74) is 1.00. The normalized spacial score (nSPS) is 10.5. The molecule has 0 aliphatic carbocycles. The van der Waals surface area contributed by atoms with Crippen molar-refractivity contribution in [3.63, 3.8) is 0 Å². The summed E-state index contributed by atoms with van der Waals surface area (Å²) in [7, 11) is 0. The average molecular weight is 358 g/mol. The van der Waals surface area contributed by atoms with Gasteiger partial charge >= 0.3 is 0 Å². The molecule has 7 nitrogen and oxygen atoms in total. The van der Waals surface area contributed by atoms with E-state index < -0.39 is 10.8 Å². The first-order valence-electron chi connectivity index (χ1n) is 7.10. The number of hydrogen-bond donors (Lipinski definition) is 1. The van der Waals surface area contributed by atoms with Crippen molar-refractivity contribution in [1.29, 1.82) is 0 Å². The molecule has 9 heteroatoms. The summed E-state index contributed by atoms with van der Waals surface area (Å²) in [6, 6.07) is 10.0. The van der Waals surface area contributed by atoms with Crippen molar-refractivity contribution in [1.82, 2.24) is 10.2 Å². The molecule has 2 aromatic carbocycles. The lowest BCUT2D eigenvalue weighted by atomic mass is 10.1. The topological polar surface area (TPSA) is 98.0 Å². The molecule has 1 amide bonds. The largest absolute Gasteiger partial charge is 0.296 e. The fourth-order valence-corrected chi connectivity index (χ4v) is 2.96. The van der Waals surface area contributed by atoms with Crippen LogP contribution in [0.1, 0.15) is 15.9 Å². The number of carbonyl (C=O) groups excluding carboxylic acids is 1. The molecule has 1 aromatic heterocycles. The molecule has 0 unspecified atom stereocenters. The number of aromatic nitrogens is 2. The van der Waals surface area contributed by atoms with Crippen LogP contribution in [0.15, 0.2) is 42.5 Å². The summed E-state index contributed by atoms with van der Waals surface area (Å²) in [6.07, 6.45) is 0. The first kappa shape index (κ1) is 16.7. The van der Waals surface area contributed by atoms with Gasteiger partial charge in [0.05, 0.1) is 4.92 Å². The summed E-state index contributed by atoms with van der Waals surface area (Å²) in [5.74, 6) is -0.869. The minimum absolute atomic E-state index is 0.128. The molecule has 0 saturated carbocycles. The fraction of sp³-hybridized carbons (Fsp3) is 0.0625. The summed E-state index contributed by atoms with van der Waals surface area (Å²) in [5, 5.41) is 22.1. The van der Waals surface area contributed by atoms with E-state index in [4.69, 9.17) is 0 Å². The van der Waals surface area contributed by atoms with Crippen LogP contribution >= 0.6 is 11.3 Å². The average Bonchev–Trinajstić information content (AvgIpc) is 3.03. The monoisotopic (exact) mass is 358 g/mol. The third-order valence-electron chi connectivity index (χ3n) is 3.48. The molecule has 0 bridgehead atoms. The Kier molecular flexibility index (Phi) is 4.48. The molecule has 0 spiro atoms. The highest BCUT2D eigenvalue weighted by Crippen LogP contribution is 2.27. The number of nitro benzene ring substituents is 1. The molecule has 1 N–H and O–H groups in total. The highest BCUT2D eigenvalue weighted by Gasteiger charge is 2.19. The van der Waals surface area contributed by atoms with Gasteiger partial charge in [0.2, 0.25) is 5.13 Å². The van der Waals surface area contributed by atoms with Crippen molar-refractivity contribution in [2.45, 2.75) is 6.92 Å². The Balaban J connectivity index is 1.82. The fourth-order valence-electron chi connectivity index (χ4n) is 2.21. The van der Waals surface area contributed by atoms with E-state index in [1.54, 1.807) is 12.1 Å². The van der Waals surface area contributed by atoms with Gasteiger partial charge < -0.3 is 0 Å². The first-order chi connectivity index (χ1) is 12.0. The second-order valence-electron chi connectivity index (χ2n) is 5.08. The number of amides is 1. The molecule has 0 aliphatic rings. The van der Waals surface area contributed by atoms with Gasteiger partial charge in [-0.05, 0) is 37.3 Å². The van der Waals surface area contributed by atoms with Crippen molar-refractivity contribution < 1.29 is 14.1 Å². The van der Waals surface area contributed by atoms with Crippen molar-refractivity contribution in [2.75, 3.05) is 5.32 Å². The van der Waals surface area contributed by atoms with Crippen molar-refractivity contribution in [3.8, 4) is 10.6 Å². The van der Waals surface area contributed by atoms with E-state index in [2.05, 4.69) is 15.5 Å². The van der Waals surface area contributed by atoms with E-state index >= 15 is 0 Å². The van der Waals surface area contributed by atoms with E-state index in [0.29, 0.717) is 10.6 Å². The predicted octanol–water partition coefficient (Wildman–Crippen LogP) is 3.81. The second kappa shape index (κ2) is 6.73. The van der Waals surface area contributed by atoms with Gasteiger partial charge in [-0.2, -0.15) is 0 Å². The molecule has 0 radical (unpaired) electrons. The maximum Gasteiger partial charge on any atom is 0.273 e. The van der Waals surface area contributed by atoms with Crippen LogP contribution in [0.25, 0.3) is 10.6 Å². The van der Waals surface area contributed by atoms with Gasteiger partial charge in [0.15, 0.2) is 0 Å². The number of anilines is 1. The quantitative estimate of drug-likeness (QED) is 0.565. The Morgan fingerprint density at radius 2 is 1.92 bits per heavy atom. The van der Waals surface area contributed by atoms with Crippen molar-refractivity contribution in [3.05, 3.63) is 69.5 Å². The Hall–Kier alpha value is -3.20. The van der Waals surface area contributed by atoms with Crippen LogP contribution in [0.3, 0.4) is 0 Å². The van der Waals surface area contributed by atoms with E-state index in [1.165, 1.54) is 37.3 Å². The highest BCUT2D eigenvalue weighted by molar-refractivity contribution is 7.18. The lowest BCUT2D eigenvalue weighted by Crippen LogP contribution is -2.14. The van der Waals surface area contributed by atoms with Gasteiger partial charge in [-0.15, -0.1) is 10.2 Å². The van der Waals surface area contributed by atoms with Gasteiger partial charge in [0.1, 0.15) is 10.8 Å². The van der Waals surface area contributed by atoms with Crippen LogP contribution in [0.4, 0.5) is 15.2 Å². The van der Waals surface area contributed by atoms with Crippen LogP contribution in [0.5, 0.6) is 0 Å². The van der Waals surface area contributed by atoms with E-state index in [0.717, 1.165) is 11.3 Å². The van der Waals surface area contributed by atoms with Gasteiger partial charge in [0.25, 0.3) is 11.6 Å². The summed E-state index contributed by atoms with van der Waals surface area (Å²) in [6.45, 7) is 1.51. The lowest BCUT2D eigenvalue weighted by molar-refractivity contribution is -0.385. The third kappa shape index (κ3) is 3.50. The molecular formula is C16H11FN4O3S. The SMILES string of the molecule is Cc1c(C(=O)Nc2nnc(-c3ccc(F)cc3)s2)cccc1[N+](=O)[O-]. The molecule has 0 saturated heterocycles. The first-order valence-corrected chi connectivity index (χ1v) is 7.92. The predicted molar refractivity (Wildman–Crippen MR) is 91.1 cm³/mol. The Morgan fingerprint density at radius 1 is 1.20 bits per heavy atom. The number of halogens is 1. The van der Waals surface area contributed by atoms with E-state index in [9.17, 15) is 19.3 Å². The zero-order valence-electron chi connectivity index (χ0n) is 12.9. The number of hydrogen-bond acceptors (Lipinski definition) is 6. The smallest absolute Gasteiger partial charge is 0.273 e. The maximum absolute atomic E-state index is 13.0. The number of benzene rings is 2. The zero-order chi connectivity index (χ0) is 18.0. The zero-order valence-corrected chi connectivity index (χ0v) is 13.7. The van der Waals surface area contributed by atoms with Crippen LogP contribution in [-0.4, -0.2) is 21.0 Å². The van der Waals surface area contributed by atoms with Gasteiger partial charge in [-0.25, -0.2) is 4.39 Å². The highest BCUT2D eigenvalue weighted by atomic mass is 32.1. The number of nitro groups is 1. The summed E-state index contributed by atoms with van der Waals surface area (Å²) >= 11 is 1.12. The van der Waals surface area contributed by atoms with Gasteiger partial charge in [-0.3, -0.25) is 20.2 Å². The maximum atomic E-state index is 13.0. The summed E-state index contributed by atoms with van der Waals surface area (Å²) < 4.78 is 13.0. The molecule has 0 atom stereocenters. The standard InChI is InChI=1S/C16H11FN4O3S/c1-9-12(3-2-4-13(9)21(23)24)14(22)18-16-20-19-15(25-16)10-5-7-11(17)8-6-10/h2-8H,1H3,(H,18,20,22). The second-order valence-corrected chi connectivity index (χ2v) is 6.06. The molecule has 1 heterocycles. The van der Waals surface area contributed by atoms with E-state index in [1.807, 2.05) is 0 Å².